The molecule has 1 aromatic rings. The molecule has 0 bridgehead atoms. The topological polar surface area (TPSA) is 51.6 Å². The van der Waals surface area contributed by atoms with Gasteiger partial charge in [-0.15, -0.1) is 10.2 Å². The molecule has 0 N–H and O–H groups in total. The Bertz CT molecular complexity index is 81.6. The van der Waals surface area contributed by atoms with Crippen LogP contribution in [0, 0.1) is 0 Å². The van der Waals surface area contributed by atoms with Gasteiger partial charge in [0.2, 0.25) is 0 Å². The predicted molar refractivity (Wildman–Crippen MR) is 17.6 cm³/mol. The van der Waals surface area contributed by atoms with Crippen LogP contribution in [0.2, 0.25) is 0 Å². The first-order chi connectivity index (χ1) is 3.00. The summed E-state index contributed by atoms with van der Waals surface area (Å²) in [6.45, 7) is 0. The molecule has 0 saturated heterocycles. The Hall–Kier alpha value is -0.554. The molecule has 0 aliphatic rings. The molecule has 7 heavy (non-hydrogen) atoms. The summed E-state index contributed by atoms with van der Waals surface area (Å²) in [4.78, 5) is 0. The van der Waals surface area contributed by atoms with Gasteiger partial charge in [0.15, 0.2) is 0 Å². The second-order valence-corrected chi connectivity index (χ2v) is 0.708. The Labute approximate surface area is 50.5 Å². The Morgan fingerprint density at radius 3 is 1.43 bits per heavy atom. The van der Waals surface area contributed by atoms with Crippen LogP contribution in [-0.4, -0.2) is 20.6 Å². The van der Waals surface area contributed by atoms with Gasteiger partial charge in [-0.05, 0) is 10.4 Å². The Balaban J connectivity index is 0.000000360. The molecule has 0 saturated carbocycles. The first-order valence-corrected chi connectivity index (χ1v) is 1.45. The van der Waals surface area contributed by atoms with Crippen LogP contribution in [0.1, 0.15) is 0 Å². The van der Waals surface area contributed by atoms with Crippen molar-refractivity contribution in [3.63, 3.8) is 0 Å². The minimum absolute atomic E-state index is 0. The fourth-order valence-corrected chi connectivity index (χ4v) is 0.165. The van der Waals surface area contributed by atoms with Gasteiger partial charge in [-0.25, -0.2) is 0 Å². The summed E-state index contributed by atoms with van der Waals surface area (Å²) in [6, 6.07) is 0. The number of aromatic nitrogens is 4. The molecule has 0 aliphatic carbocycles. The maximum absolute atomic E-state index is 3.36. The average Bonchev–Trinajstić information content (AvgIpc) is 1.72. The van der Waals surface area contributed by atoms with Crippen LogP contribution in [0.15, 0.2) is 12.4 Å². The Morgan fingerprint density at radius 1 is 0.857 bits per heavy atom. The second kappa shape index (κ2) is 3.63. The van der Waals surface area contributed by atoms with Crippen LogP contribution in [0.5, 0.6) is 0 Å². The predicted octanol–water partition coefficient (Wildman–Crippen LogP) is -0.736. The molecule has 0 aliphatic heterocycles. The van der Waals surface area contributed by atoms with Gasteiger partial charge < -0.3 is 0 Å². The van der Waals surface area contributed by atoms with Crippen LogP contribution in [-0.2, 0) is 16.8 Å². The molecule has 0 spiro atoms. The molecule has 0 amide bonds. The summed E-state index contributed by atoms with van der Waals surface area (Å²) in [5.74, 6) is 0. The molecular weight excluding hydrogens is 139 g/mol. The van der Waals surface area contributed by atoms with Crippen LogP contribution < -0.4 is 0 Å². The monoisotopic (exact) mass is 141 g/mol. The van der Waals surface area contributed by atoms with Crippen LogP contribution >= 0.6 is 0 Å². The molecule has 0 fully saturated rings. The van der Waals surface area contributed by atoms with Gasteiger partial charge in [-0.3, -0.25) is 0 Å². The van der Waals surface area contributed by atoms with E-state index in [1.807, 2.05) is 0 Å². The van der Waals surface area contributed by atoms with E-state index in [0.29, 0.717) is 0 Å². The minimum Gasteiger partial charge on any atom is -0.136 e. The van der Waals surface area contributed by atoms with E-state index in [-0.39, 0.29) is 16.8 Å². The van der Waals surface area contributed by atoms with E-state index < -0.39 is 0 Å². The van der Waals surface area contributed by atoms with Gasteiger partial charge >= 0.3 is 0 Å². The maximum Gasteiger partial charge on any atom is 0.0716 e. The summed E-state index contributed by atoms with van der Waals surface area (Å²) < 4.78 is 0. The standard InChI is InChI=1S/C2H2N4.Co/c1-2-4-6-5-3-1;/h1-2H;. The van der Waals surface area contributed by atoms with Crippen LogP contribution in [0.4, 0.5) is 0 Å². The zero-order chi connectivity index (χ0) is 4.24. The van der Waals surface area contributed by atoms with Crippen molar-refractivity contribution in [1.29, 1.82) is 0 Å². The molecular formula is C2H2CoN4. The normalized spacial score (nSPS) is 6.86. The third-order valence-corrected chi connectivity index (χ3v) is 0.343. The molecule has 1 aromatic heterocycles. The average molecular weight is 141 g/mol. The largest absolute Gasteiger partial charge is 0.136 e. The van der Waals surface area contributed by atoms with E-state index in [2.05, 4.69) is 20.6 Å². The Kier molecular flexibility index (Phi) is 3.34. The molecule has 1 radical (unpaired) electrons. The van der Waals surface area contributed by atoms with Gasteiger partial charge in [0, 0.05) is 16.8 Å². The van der Waals surface area contributed by atoms with E-state index >= 15 is 0 Å². The number of hydrogen-bond acceptors (Lipinski definition) is 4. The van der Waals surface area contributed by atoms with Crippen molar-refractivity contribution in [2.45, 2.75) is 0 Å². The zero-order valence-electron chi connectivity index (χ0n) is 3.28. The molecule has 1 heterocycles. The fourth-order valence-electron chi connectivity index (χ4n) is 0.165. The van der Waals surface area contributed by atoms with E-state index in [1.165, 1.54) is 12.4 Å². The number of rotatable bonds is 0. The molecule has 0 atom stereocenters. The minimum atomic E-state index is 0. The first-order valence-electron chi connectivity index (χ1n) is 1.45. The van der Waals surface area contributed by atoms with Crippen molar-refractivity contribution >= 4 is 0 Å². The summed E-state index contributed by atoms with van der Waals surface area (Å²) >= 11 is 0. The van der Waals surface area contributed by atoms with Gasteiger partial charge in [-0.1, -0.05) is 0 Å². The molecule has 5 heteroatoms. The molecule has 39 valence electrons. The Morgan fingerprint density at radius 2 is 1.29 bits per heavy atom. The smallest absolute Gasteiger partial charge is 0.0716 e. The molecule has 4 nitrogen and oxygen atoms in total. The van der Waals surface area contributed by atoms with E-state index in [4.69, 9.17) is 0 Å². The number of nitrogens with zero attached hydrogens (tertiary/aromatic N) is 4. The fraction of sp³-hybridized carbons (Fsp3) is 0. The van der Waals surface area contributed by atoms with Crippen molar-refractivity contribution in [2.24, 2.45) is 0 Å². The van der Waals surface area contributed by atoms with Gasteiger partial charge in [0.25, 0.3) is 0 Å². The van der Waals surface area contributed by atoms with Crippen molar-refractivity contribution in [1.82, 2.24) is 20.6 Å². The van der Waals surface area contributed by atoms with Crippen molar-refractivity contribution in [3.05, 3.63) is 12.4 Å². The molecule has 0 unspecified atom stereocenters. The van der Waals surface area contributed by atoms with Crippen molar-refractivity contribution in [2.75, 3.05) is 0 Å². The van der Waals surface area contributed by atoms with Crippen LogP contribution in [0.3, 0.4) is 0 Å². The zero-order valence-corrected chi connectivity index (χ0v) is 4.32. The van der Waals surface area contributed by atoms with Gasteiger partial charge in [-0.2, -0.15) is 0 Å². The SMILES string of the molecule is [Co].c1cnnnn1. The summed E-state index contributed by atoms with van der Waals surface area (Å²) in [6.07, 6.45) is 2.93. The summed E-state index contributed by atoms with van der Waals surface area (Å²) in [5, 5.41) is 13.1. The van der Waals surface area contributed by atoms with Crippen molar-refractivity contribution in [3.8, 4) is 0 Å². The number of hydrogen-bond donors (Lipinski definition) is 0. The quantitative estimate of drug-likeness (QED) is 0.477. The van der Waals surface area contributed by atoms with Crippen LogP contribution in [0.25, 0.3) is 0 Å². The maximum atomic E-state index is 3.36. The van der Waals surface area contributed by atoms with Crippen molar-refractivity contribution < 1.29 is 16.8 Å². The molecule has 0 aromatic carbocycles. The van der Waals surface area contributed by atoms with E-state index in [0.717, 1.165) is 0 Å². The first kappa shape index (κ1) is 6.45. The third kappa shape index (κ3) is 2.18. The summed E-state index contributed by atoms with van der Waals surface area (Å²) in [7, 11) is 0. The second-order valence-electron chi connectivity index (χ2n) is 0.708. The molecule has 1 rings (SSSR count). The van der Waals surface area contributed by atoms with Gasteiger partial charge in [0.1, 0.15) is 0 Å². The van der Waals surface area contributed by atoms with Gasteiger partial charge in [0.05, 0.1) is 12.4 Å². The summed E-state index contributed by atoms with van der Waals surface area (Å²) in [5.41, 5.74) is 0. The van der Waals surface area contributed by atoms with E-state index in [1.54, 1.807) is 0 Å². The van der Waals surface area contributed by atoms with E-state index in [9.17, 15) is 0 Å². The third-order valence-electron chi connectivity index (χ3n) is 0.343.